The molecule has 0 fully saturated rings. The second-order valence-electron chi connectivity index (χ2n) is 6.58. The molecule has 0 aliphatic rings. The smallest absolute Gasteiger partial charge is 0.265 e. The average Bonchev–Trinajstić information content (AvgIpc) is 3.38. The van der Waals surface area contributed by atoms with Gasteiger partial charge in [-0.2, -0.15) is 5.10 Å². The number of thiophene rings is 1. The Hall–Kier alpha value is -3.13. The van der Waals surface area contributed by atoms with E-state index in [1.165, 1.54) is 23.3 Å². The first-order valence-electron chi connectivity index (χ1n) is 8.96. The van der Waals surface area contributed by atoms with Crippen LogP contribution in [-0.4, -0.2) is 16.1 Å². The number of nitrogens with one attached hydrogen (secondary N) is 2. The van der Waals surface area contributed by atoms with Crippen molar-refractivity contribution in [2.75, 3.05) is 5.32 Å². The molecule has 0 radical (unpaired) electrons. The van der Waals surface area contributed by atoms with E-state index in [1.54, 1.807) is 0 Å². The van der Waals surface area contributed by atoms with Crippen LogP contribution in [0.1, 0.15) is 9.67 Å². The third kappa shape index (κ3) is 3.40. The molecule has 1 amide bonds. The van der Waals surface area contributed by atoms with Crippen molar-refractivity contribution in [3.8, 4) is 11.3 Å². The van der Waals surface area contributed by atoms with E-state index < -0.39 is 0 Å². The SMILES string of the molecule is NSc1cccc(-c2n[nH]c3ccc(NC(=O)c4cc5ccccc5s4)cc23)c1. The normalized spacial score (nSPS) is 11.2. The highest BCUT2D eigenvalue weighted by molar-refractivity contribution is 7.97. The Morgan fingerprint density at radius 1 is 1.03 bits per heavy atom. The molecule has 5 aromatic rings. The molecule has 0 spiro atoms. The summed E-state index contributed by atoms with van der Waals surface area (Å²) in [6.45, 7) is 0. The molecule has 3 aromatic carbocycles. The highest BCUT2D eigenvalue weighted by Crippen LogP contribution is 2.31. The number of fused-ring (bicyclic) bond motifs is 2. The van der Waals surface area contributed by atoms with Crippen LogP contribution in [0.25, 0.3) is 32.2 Å². The number of hydrogen-bond donors (Lipinski definition) is 3. The van der Waals surface area contributed by atoms with Gasteiger partial charge in [-0.1, -0.05) is 30.3 Å². The Bertz CT molecular complexity index is 1320. The number of aromatic nitrogens is 2. The first-order chi connectivity index (χ1) is 14.2. The van der Waals surface area contributed by atoms with Gasteiger partial charge < -0.3 is 5.32 Å². The summed E-state index contributed by atoms with van der Waals surface area (Å²) in [4.78, 5) is 14.4. The fourth-order valence-corrected chi connectivity index (χ4v) is 4.63. The van der Waals surface area contributed by atoms with E-state index in [-0.39, 0.29) is 5.91 Å². The second-order valence-corrected chi connectivity index (χ2v) is 8.37. The zero-order chi connectivity index (χ0) is 19.8. The lowest BCUT2D eigenvalue weighted by Crippen LogP contribution is -2.09. The van der Waals surface area contributed by atoms with Crippen LogP contribution < -0.4 is 10.5 Å². The molecule has 0 atom stereocenters. The number of carbonyl (C=O) groups is 1. The highest BCUT2D eigenvalue weighted by Gasteiger charge is 2.13. The quantitative estimate of drug-likeness (QED) is 0.330. The third-order valence-corrected chi connectivity index (χ3v) is 6.35. The number of carbonyl (C=O) groups excluding carboxylic acids is 1. The molecule has 0 bridgehead atoms. The lowest BCUT2D eigenvalue weighted by atomic mass is 10.1. The van der Waals surface area contributed by atoms with E-state index in [4.69, 9.17) is 5.14 Å². The van der Waals surface area contributed by atoms with Gasteiger partial charge in [0, 0.05) is 26.2 Å². The summed E-state index contributed by atoms with van der Waals surface area (Å²) in [5, 5.41) is 18.2. The van der Waals surface area contributed by atoms with Crippen LogP contribution in [0.4, 0.5) is 5.69 Å². The molecular formula is C22H16N4OS2. The number of rotatable bonds is 4. The van der Waals surface area contributed by atoms with Crippen molar-refractivity contribution >= 4 is 55.9 Å². The molecular weight excluding hydrogens is 400 g/mol. The van der Waals surface area contributed by atoms with Crippen LogP contribution in [0.3, 0.4) is 0 Å². The average molecular weight is 417 g/mol. The van der Waals surface area contributed by atoms with Crippen LogP contribution in [0.5, 0.6) is 0 Å². The summed E-state index contributed by atoms with van der Waals surface area (Å²) in [6.07, 6.45) is 0. The number of aromatic amines is 1. The summed E-state index contributed by atoms with van der Waals surface area (Å²) < 4.78 is 1.10. The summed E-state index contributed by atoms with van der Waals surface area (Å²) in [6, 6.07) is 23.6. The van der Waals surface area contributed by atoms with E-state index in [0.717, 1.165) is 42.8 Å². The van der Waals surface area contributed by atoms with Crippen molar-refractivity contribution in [1.29, 1.82) is 0 Å². The number of nitrogens with two attached hydrogens (primary N) is 1. The van der Waals surface area contributed by atoms with Crippen LogP contribution >= 0.6 is 23.3 Å². The fourth-order valence-electron chi connectivity index (χ4n) is 3.32. The van der Waals surface area contributed by atoms with Gasteiger partial charge in [0.05, 0.1) is 10.4 Å². The summed E-state index contributed by atoms with van der Waals surface area (Å²) in [5.41, 5.74) is 3.44. The standard InChI is InChI=1S/C22H16N4OS2/c23-29-16-6-3-5-14(10-16)21-17-12-15(8-9-18(17)25-26-21)24-22(27)20-11-13-4-1-2-7-19(13)28-20/h1-12H,23H2,(H,24,27)(H,25,26). The minimum atomic E-state index is -0.114. The predicted molar refractivity (Wildman–Crippen MR) is 121 cm³/mol. The molecule has 0 saturated heterocycles. The molecule has 0 aliphatic carbocycles. The van der Waals surface area contributed by atoms with Gasteiger partial charge in [0.2, 0.25) is 0 Å². The minimum absolute atomic E-state index is 0.114. The van der Waals surface area contributed by atoms with Crippen molar-refractivity contribution in [3.63, 3.8) is 0 Å². The first kappa shape index (κ1) is 17.9. The maximum Gasteiger partial charge on any atom is 0.265 e. The van der Waals surface area contributed by atoms with Crippen LogP contribution in [0.2, 0.25) is 0 Å². The van der Waals surface area contributed by atoms with Gasteiger partial charge in [0.1, 0.15) is 5.69 Å². The molecule has 7 heteroatoms. The first-order valence-corrected chi connectivity index (χ1v) is 10.7. The molecule has 0 aliphatic heterocycles. The van der Waals surface area contributed by atoms with Crippen LogP contribution in [-0.2, 0) is 0 Å². The Balaban J connectivity index is 1.48. The van der Waals surface area contributed by atoms with Crippen molar-refractivity contribution in [2.24, 2.45) is 5.14 Å². The Kier molecular flexibility index (Phi) is 4.55. The number of nitrogens with zero attached hydrogens (tertiary/aromatic N) is 1. The maximum absolute atomic E-state index is 12.8. The zero-order valence-electron chi connectivity index (χ0n) is 15.2. The number of hydrogen-bond acceptors (Lipinski definition) is 5. The zero-order valence-corrected chi connectivity index (χ0v) is 16.8. The fraction of sp³-hybridized carbons (Fsp3) is 0. The molecule has 2 aromatic heterocycles. The van der Waals surface area contributed by atoms with E-state index in [1.807, 2.05) is 72.8 Å². The minimum Gasteiger partial charge on any atom is -0.321 e. The number of anilines is 1. The van der Waals surface area contributed by atoms with Gasteiger partial charge in [-0.15, -0.1) is 11.3 Å². The van der Waals surface area contributed by atoms with Crippen LogP contribution in [0.15, 0.2) is 77.7 Å². The van der Waals surface area contributed by atoms with Gasteiger partial charge >= 0.3 is 0 Å². The van der Waals surface area contributed by atoms with Gasteiger partial charge in [0.25, 0.3) is 5.91 Å². The van der Waals surface area contributed by atoms with Gasteiger partial charge in [-0.25, -0.2) is 0 Å². The van der Waals surface area contributed by atoms with Crippen molar-refractivity contribution in [1.82, 2.24) is 10.2 Å². The Morgan fingerprint density at radius 3 is 2.79 bits per heavy atom. The topological polar surface area (TPSA) is 83.8 Å². The Labute approximate surface area is 175 Å². The van der Waals surface area contributed by atoms with Gasteiger partial charge in [-0.05, 0) is 59.8 Å². The lowest BCUT2D eigenvalue weighted by Gasteiger charge is -2.05. The summed E-state index contributed by atoms with van der Waals surface area (Å²) >= 11 is 2.69. The third-order valence-electron chi connectivity index (χ3n) is 4.71. The number of H-pyrrole nitrogens is 1. The largest absolute Gasteiger partial charge is 0.321 e. The molecule has 5 nitrogen and oxygen atoms in total. The van der Waals surface area contributed by atoms with Crippen molar-refractivity contribution in [2.45, 2.75) is 4.90 Å². The molecule has 0 saturated carbocycles. The lowest BCUT2D eigenvalue weighted by molar-refractivity contribution is 0.103. The van der Waals surface area contributed by atoms with Crippen LogP contribution in [0, 0.1) is 0 Å². The van der Waals surface area contributed by atoms with Gasteiger partial charge in [0.15, 0.2) is 0 Å². The summed E-state index contributed by atoms with van der Waals surface area (Å²) in [7, 11) is 0. The highest BCUT2D eigenvalue weighted by atomic mass is 32.2. The van der Waals surface area contributed by atoms with E-state index >= 15 is 0 Å². The van der Waals surface area contributed by atoms with E-state index in [2.05, 4.69) is 15.5 Å². The molecule has 2 heterocycles. The van der Waals surface area contributed by atoms with Crippen molar-refractivity contribution in [3.05, 3.63) is 77.7 Å². The number of amides is 1. The molecule has 0 unspecified atom stereocenters. The second kappa shape index (κ2) is 7.36. The molecule has 29 heavy (non-hydrogen) atoms. The monoisotopic (exact) mass is 416 g/mol. The molecule has 5 rings (SSSR count). The maximum atomic E-state index is 12.8. The van der Waals surface area contributed by atoms with Crippen molar-refractivity contribution < 1.29 is 4.79 Å². The predicted octanol–water partition coefficient (Wildman–Crippen LogP) is 5.66. The molecule has 4 N–H and O–H groups in total. The number of benzene rings is 3. The Morgan fingerprint density at radius 2 is 1.93 bits per heavy atom. The summed E-state index contributed by atoms with van der Waals surface area (Å²) in [5.74, 6) is -0.114. The van der Waals surface area contributed by atoms with E-state index in [0.29, 0.717) is 4.88 Å². The van der Waals surface area contributed by atoms with Gasteiger partial charge in [-0.3, -0.25) is 15.0 Å². The molecule has 142 valence electrons. The van der Waals surface area contributed by atoms with E-state index in [9.17, 15) is 4.79 Å².